The van der Waals surface area contributed by atoms with E-state index in [2.05, 4.69) is 12.1 Å². The second-order valence-corrected chi connectivity index (χ2v) is 4.70. The molecule has 0 aliphatic carbocycles. The maximum Gasteiger partial charge on any atom is 0.147 e. The number of anilines is 1. The van der Waals surface area contributed by atoms with Crippen molar-refractivity contribution in [2.45, 2.75) is 13.1 Å². The van der Waals surface area contributed by atoms with Crippen molar-refractivity contribution in [3.63, 3.8) is 0 Å². The first-order chi connectivity index (χ1) is 9.15. The van der Waals surface area contributed by atoms with Crippen molar-refractivity contribution in [3.05, 3.63) is 65.0 Å². The summed E-state index contributed by atoms with van der Waals surface area (Å²) in [5.74, 6) is -0.448. The highest BCUT2D eigenvalue weighted by Crippen LogP contribution is 2.30. The summed E-state index contributed by atoms with van der Waals surface area (Å²) < 4.78 is 14.1. The SMILES string of the molecule is N=C(N)c1ccc(N2Cc3ccccc3C2)c(F)c1. The van der Waals surface area contributed by atoms with Crippen molar-refractivity contribution in [3.8, 4) is 0 Å². The smallest absolute Gasteiger partial charge is 0.147 e. The van der Waals surface area contributed by atoms with Crippen LogP contribution < -0.4 is 10.6 Å². The van der Waals surface area contributed by atoms with Crippen molar-refractivity contribution in [2.75, 3.05) is 4.90 Å². The van der Waals surface area contributed by atoms with Gasteiger partial charge in [-0.1, -0.05) is 24.3 Å². The molecule has 0 spiro atoms. The predicted octanol–water partition coefficient (Wildman–Crippen LogP) is 2.63. The largest absolute Gasteiger partial charge is 0.384 e. The zero-order valence-corrected chi connectivity index (χ0v) is 10.4. The maximum absolute atomic E-state index is 14.1. The van der Waals surface area contributed by atoms with Crippen LogP contribution in [0.15, 0.2) is 42.5 Å². The molecule has 0 atom stereocenters. The molecule has 0 bridgehead atoms. The Bertz CT molecular complexity index is 627. The summed E-state index contributed by atoms with van der Waals surface area (Å²) in [6, 6.07) is 12.8. The molecular weight excluding hydrogens is 241 g/mol. The monoisotopic (exact) mass is 255 g/mol. The molecule has 3 rings (SSSR count). The highest BCUT2D eigenvalue weighted by Gasteiger charge is 2.21. The van der Waals surface area contributed by atoms with Gasteiger partial charge in [-0.25, -0.2) is 4.39 Å². The summed E-state index contributed by atoms with van der Waals surface area (Å²) in [6.07, 6.45) is 0. The Balaban J connectivity index is 1.91. The predicted molar refractivity (Wildman–Crippen MR) is 73.7 cm³/mol. The number of nitrogens with one attached hydrogen (secondary N) is 1. The van der Waals surface area contributed by atoms with E-state index < -0.39 is 0 Å². The molecule has 19 heavy (non-hydrogen) atoms. The molecule has 0 aromatic heterocycles. The van der Waals surface area contributed by atoms with Gasteiger partial charge in [-0.15, -0.1) is 0 Å². The van der Waals surface area contributed by atoms with Gasteiger partial charge < -0.3 is 10.6 Å². The average molecular weight is 255 g/mol. The van der Waals surface area contributed by atoms with Crippen molar-refractivity contribution in [1.82, 2.24) is 0 Å². The van der Waals surface area contributed by atoms with Crippen molar-refractivity contribution < 1.29 is 4.39 Å². The van der Waals surface area contributed by atoms with Crippen LogP contribution in [0.5, 0.6) is 0 Å². The summed E-state index contributed by atoms with van der Waals surface area (Å²) in [7, 11) is 0. The molecule has 3 N–H and O–H groups in total. The Morgan fingerprint density at radius 2 is 1.74 bits per heavy atom. The molecule has 1 aliphatic rings. The van der Waals surface area contributed by atoms with Crippen LogP contribution in [0.3, 0.4) is 0 Å². The average Bonchev–Trinajstić information content (AvgIpc) is 2.81. The van der Waals surface area contributed by atoms with Gasteiger partial charge >= 0.3 is 0 Å². The lowest BCUT2D eigenvalue weighted by Gasteiger charge is -2.18. The standard InChI is InChI=1S/C15H14FN3/c16-13-7-10(15(17)18)5-6-14(13)19-8-11-3-1-2-4-12(11)9-19/h1-7H,8-9H2,(H3,17,18). The molecule has 2 aromatic rings. The molecule has 1 heterocycles. The topological polar surface area (TPSA) is 53.1 Å². The van der Waals surface area contributed by atoms with Crippen molar-refractivity contribution >= 4 is 11.5 Å². The minimum atomic E-state index is -0.333. The molecule has 1 aliphatic heterocycles. The fourth-order valence-corrected chi connectivity index (χ4v) is 2.43. The van der Waals surface area contributed by atoms with E-state index in [0.717, 1.165) is 0 Å². The van der Waals surface area contributed by atoms with Crippen LogP contribution in [-0.2, 0) is 13.1 Å². The number of hydrogen-bond donors (Lipinski definition) is 2. The first-order valence-corrected chi connectivity index (χ1v) is 6.11. The minimum absolute atomic E-state index is 0.116. The number of benzene rings is 2. The lowest BCUT2D eigenvalue weighted by Crippen LogP contribution is -2.17. The molecule has 3 nitrogen and oxygen atoms in total. The van der Waals surface area contributed by atoms with Crippen LogP contribution in [0.1, 0.15) is 16.7 Å². The van der Waals surface area contributed by atoms with Crippen LogP contribution in [0.4, 0.5) is 10.1 Å². The Morgan fingerprint density at radius 1 is 1.11 bits per heavy atom. The first-order valence-electron chi connectivity index (χ1n) is 6.11. The van der Waals surface area contributed by atoms with E-state index in [1.54, 1.807) is 12.1 Å². The highest BCUT2D eigenvalue weighted by atomic mass is 19.1. The van der Waals surface area contributed by atoms with E-state index >= 15 is 0 Å². The molecule has 4 heteroatoms. The zero-order chi connectivity index (χ0) is 13.4. The van der Waals surface area contributed by atoms with Crippen molar-refractivity contribution in [2.24, 2.45) is 5.73 Å². The van der Waals surface area contributed by atoms with E-state index in [4.69, 9.17) is 11.1 Å². The van der Waals surface area contributed by atoms with Crippen molar-refractivity contribution in [1.29, 1.82) is 5.41 Å². The zero-order valence-electron chi connectivity index (χ0n) is 10.4. The number of hydrogen-bond acceptors (Lipinski definition) is 2. The molecule has 0 saturated heterocycles. The van der Waals surface area contributed by atoms with Gasteiger partial charge in [-0.05, 0) is 29.3 Å². The van der Waals surface area contributed by atoms with Gasteiger partial charge in [0.05, 0.1) is 5.69 Å². The molecule has 0 fully saturated rings. The molecule has 2 aromatic carbocycles. The van der Waals surface area contributed by atoms with Gasteiger partial charge in [-0.2, -0.15) is 0 Å². The third-order valence-corrected chi connectivity index (χ3v) is 3.44. The fraction of sp³-hybridized carbons (Fsp3) is 0.133. The fourth-order valence-electron chi connectivity index (χ4n) is 2.43. The van der Waals surface area contributed by atoms with Crippen LogP contribution in [-0.4, -0.2) is 5.84 Å². The summed E-state index contributed by atoms with van der Waals surface area (Å²) in [6.45, 7) is 1.43. The van der Waals surface area contributed by atoms with Crippen LogP contribution in [0.2, 0.25) is 0 Å². The Morgan fingerprint density at radius 3 is 2.26 bits per heavy atom. The quantitative estimate of drug-likeness (QED) is 0.640. The van der Waals surface area contributed by atoms with Crippen LogP contribution in [0.25, 0.3) is 0 Å². The number of amidine groups is 1. The second-order valence-electron chi connectivity index (χ2n) is 4.70. The summed E-state index contributed by atoms with van der Waals surface area (Å²) in [4.78, 5) is 1.99. The number of nitrogen functional groups attached to an aromatic ring is 1. The van der Waals surface area contributed by atoms with Gasteiger partial charge in [0, 0.05) is 18.7 Å². The number of nitrogens with zero attached hydrogens (tertiary/aromatic N) is 1. The Labute approximate surface area is 111 Å². The molecule has 0 amide bonds. The first kappa shape index (κ1) is 11.7. The lowest BCUT2D eigenvalue weighted by atomic mass is 10.1. The number of rotatable bonds is 2. The van der Waals surface area contributed by atoms with Gasteiger partial charge in [0.15, 0.2) is 0 Å². The second kappa shape index (κ2) is 4.39. The summed E-state index contributed by atoms with van der Waals surface area (Å²) >= 11 is 0. The van der Waals surface area contributed by atoms with E-state index in [1.807, 2.05) is 17.0 Å². The number of fused-ring (bicyclic) bond motifs is 1. The minimum Gasteiger partial charge on any atom is -0.384 e. The number of halogens is 1. The van der Waals surface area contributed by atoms with E-state index in [0.29, 0.717) is 24.3 Å². The maximum atomic E-state index is 14.1. The van der Waals surface area contributed by atoms with Crippen LogP contribution >= 0.6 is 0 Å². The highest BCUT2D eigenvalue weighted by molar-refractivity contribution is 5.95. The van der Waals surface area contributed by atoms with E-state index in [-0.39, 0.29) is 11.7 Å². The summed E-state index contributed by atoms with van der Waals surface area (Å²) in [5.41, 5.74) is 8.80. The normalized spacial score (nSPS) is 13.4. The van der Waals surface area contributed by atoms with Gasteiger partial charge in [-0.3, -0.25) is 5.41 Å². The van der Waals surface area contributed by atoms with Gasteiger partial charge in [0.2, 0.25) is 0 Å². The molecular formula is C15H14FN3. The van der Waals surface area contributed by atoms with E-state index in [9.17, 15) is 4.39 Å². The van der Waals surface area contributed by atoms with Crippen LogP contribution in [0, 0.1) is 11.2 Å². The van der Waals surface area contributed by atoms with Gasteiger partial charge in [0.1, 0.15) is 11.7 Å². The molecule has 96 valence electrons. The van der Waals surface area contributed by atoms with E-state index in [1.165, 1.54) is 17.2 Å². The van der Waals surface area contributed by atoms with Gasteiger partial charge in [0.25, 0.3) is 0 Å². The Hall–Kier alpha value is -2.36. The number of nitrogens with two attached hydrogens (primary N) is 1. The molecule has 0 unspecified atom stereocenters. The third-order valence-electron chi connectivity index (χ3n) is 3.44. The third kappa shape index (κ3) is 2.05. The summed E-state index contributed by atoms with van der Waals surface area (Å²) in [5, 5.41) is 7.31. The Kier molecular flexibility index (Phi) is 2.71. The molecule has 0 radical (unpaired) electrons. The lowest BCUT2D eigenvalue weighted by molar-refractivity contribution is 0.619. The molecule has 0 saturated carbocycles.